The number of halogens is 4. The molecule has 4 aromatic rings. The molecule has 0 N–H and O–H groups in total. The molecule has 0 aromatic heterocycles. The third-order valence-electron chi connectivity index (χ3n) is 11.1. The van der Waals surface area contributed by atoms with Gasteiger partial charge in [0.15, 0.2) is 0 Å². The van der Waals surface area contributed by atoms with Crippen molar-refractivity contribution in [3.8, 4) is 22.3 Å². The van der Waals surface area contributed by atoms with E-state index < -0.39 is 20.4 Å². The molecule has 2 unspecified atom stereocenters. The van der Waals surface area contributed by atoms with Crippen LogP contribution >= 0.6 is 48.9 Å². The third kappa shape index (κ3) is 4.39. The molecule has 0 spiro atoms. The number of rotatable bonds is 6. The Hall–Kier alpha value is -0.480. The Kier molecular flexibility index (Phi) is 8.55. The van der Waals surface area contributed by atoms with Crippen LogP contribution in [0.15, 0.2) is 93.9 Å². The fourth-order valence-corrected chi connectivity index (χ4v) is 48.7. The minimum absolute atomic E-state index is 0.0759. The van der Waals surface area contributed by atoms with Crippen LogP contribution in [-0.4, -0.2) is 5.43 Å². The average molecular weight is 821 g/mol. The molecule has 0 nitrogen and oxygen atoms in total. The number of benzene rings is 4. The molecule has 0 radical (unpaired) electrons. The first-order chi connectivity index (χ1) is 20.0. The van der Waals surface area contributed by atoms with Gasteiger partial charge in [0, 0.05) is 0 Å². The van der Waals surface area contributed by atoms with Gasteiger partial charge in [0.2, 0.25) is 0 Å². The van der Waals surface area contributed by atoms with Crippen molar-refractivity contribution in [3.63, 3.8) is 0 Å². The van der Waals surface area contributed by atoms with E-state index in [1.165, 1.54) is 44.5 Å². The van der Waals surface area contributed by atoms with E-state index in [9.17, 15) is 0 Å². The Morgan fingerprint density at radius 3 is 1.33 bits per heavy atom. The molecule has 0 heterocycles. The summed E-state index contributed by atoms with van der Waals surface area (Å²) in [6, 6.07) is 31.0. The Bertz CT molecular complexity index is 1670. The standard InChI is InChI=1S/2C17H16Br.C2H6Si.2ClH.Zr/c2*1-2-12-10-13-6-5-8-14(16(13)11-12)15-7-3-4-9-17(15)18;1-3-2;;;/h2*3-9H,2,10-11H2,1H3;1-2H3;2*1H;/q;;;;;+2/p-2. The predicted molar refractivity (Wildman–Crippen MR) is 189 cm³/mol. The zero-order chi connectivity index (χ0) is 29.9. The fourth-order valence-electron chi connectivity index (χ4n) is 8.78. The Morgan fingerprint density at radius 1 is 0.595 bits per heavy atom. The first-order valence-corrected chi connectivity index (χ1v) is 31.7. The summed E-state index contributed by atoms with van der Waals surface area (Å²) in [7, 11) is 17.4. The van der Waals surface area contributed by atoms with Crippen molar-refractivity contribution in [3.05, 3.63) is 116 Å². The molecule has 2 aliphatic carbocycles. The van der Waals surface area contributed by atoms with Crippen LogP contribution in [0.2, 0.25) is 19.3 Å². The fraction of sp³-hybridized carbons (Fsp3) is 0.333. The summed E-state index contributed by atoms with van der Waals surface area (Å²) in [5, 5.41) is 0. The van der Waals surface area contributed by atoms with Gasteiger partial charge in [0.25, 0.3) is 0 Å². The van der Waals surface area contributed by atoms with E-state index in [2.05, 4.69) is 144 Å². The molecule has 2 aliphatic rings. The normalized spacial score (nSPS) is 21.7. The Balaban J connectivity index is 1.54. The monoisotopic (exact) mass is 816 g/mol. The second kappa shape index (κ2) is 11.4. The van der Waals surface area contributed by atoms with Gasteiger partial charge in [-0.25, -0.2) is 0 Å². The molecule has 0 aliphatic heterocycles. The topological polar surface area (TPSA) is 0 Å². The van der Waals surface area contributed by atoms with Gasteiger partial charge in [-0.15, -0.1) is 0 Å². The Morgan fingerprint density at radius 2 is 0.976 bits per heavy atom. The van der Waals surface area contributed by atoms with Gasteiger partial charge in [-0.2, -0.15) is 0 Å². The molecule has 0 bridgehead atoms. The summed E-state index contributed by atoms with van der Waals surface area (Å²) >= 11 is 2.97. The second-order valence-electron chi connectivity index (χ2n) is 12.8. The summed E-state index contributed by atoms with van der Waals surface area (Å²) < 4.78 is 2.13. The van der Waals surface area contributed by atoms with E-state index in [-0.39, 0.29) is 6.25 Å². The molecular formula is C36H38Br2Cl2SiZr. The van der Waals surface area contributed by atoms with Crippen molar-refractivity contribution in [1.29, 1.82) is 0 Å². The van der Waals surface area contributed by atoms with Crippen LogP contribution in [0.25, 0.3) is 22.3 Å². The molecule has 218 valence electrons. The molecule has 0 amide bonds. The van der Waals surface area contributed by atoms with Crippen LogP contribution in [0.3, 0.4) is 0 Å². The van der Waals surface area contributed by atoms with Crippen molar-refractivity contribution in [2.24, 2.45) is 0 Å². The average Bonchev–Trinajstić information content (AvgIpc) is 3.59. The molecule has 2 atom stereocenters. The van der Waals surface area contributed by atoms with Gasteiger partial charge in [-0.05, 0) is 0 Å². The van der Waals surface area contributed by atoms with E-state index in [1.54, 1.807) is 0 Å². The molecule has 0 fully saturated rings. The third-order valence-corrected chi connectivity index (χ3v) is 69.0. The van der Waals surface area contributed by atoms with Gasteiger partial charge >= 0.3 is 279 Å². The quantitative estimate of drug-likeness (QED) is 0.170. The summed E-state index contributed by atoms with van der Waals surface area (Å²) in [6.07, 6.45) is 6.03. The van der Waals surface area contributed by atoms with E-state index in [0.717, 1.165) is 47.5 Å². The van der Waals surface area contributed by atoms with Gasteiger partial charge in [0.05, 0.1) is 0 Å². The molecular weight excluding hydrogens is 782 g/mol. The maximum absolute atomic E-state index is 8.70. The first-order valence-electron chi connectivity index (χ1n) is 15.1. The maximum atomic E-state index is 8.70. The van der Waals surface area contributed by atoms with Crippen molar-refractivity contribution in [1.82, 2.24) is 0 Å². The van der Waals surface area contributed by atoms with Gasteiger partial charge in [0.1, 0.15) is 0 Å². The molecule has 6 rings (SSSR count). The zero-order valence-electron chi connectivity index (χ0n) is 24.8. The van der Waals surface area contributed by atoms with Crippen molar-refractivity contribution < 1.29 is 15.0 Å². The van der Waals surface area contributed by atoms with Crippen LogP contribution in [0.5, 0.6) is 0 Å². The van der Waals surface area contributed by atoms with Crippen LogP contribution in [0.4, 0.5) is 0 Å². The zero-order valence-corrected chi connectivity index (χ0v) is 33.0. The number of hydrogen-bond acceptors (Lipinski definition) is 0. The van der Waals surface area contributed by atoms with Crippen LogP contribution in [-0.2, 0) is 40.7 Å². The first kappa shape index (κ1) is 31.5. The molecule has 0 saturated carbocycles. The molecule has 4 aromatic carbocycles. The predicted octanol–water partition coefficient (Wildman–Crippen LogP) is 12.8. The molecule has 42 heavy (non-hydrogen) atoms. The number of fused-ring (bicyclic) bond motifs is 2. The van der Waals surface area contributed by atoms with Crippen LogP contribution in [0.1, 0.15) is 48.9 Å². The SMILES string of the molecule is CC[C]1([Zr]([Cl])([Cl])(=[Si](C)C)[C]2(CC)Cc3cccc(-c4ccccc4Br)c3C2)Cc2cccc(-c3ccccc3Br)c2C1. The number of hydrogen-bond donors (Lipinski definition) is 0. The summed E-state index contributed by atoms with van der Waals surface area (Å²) in [4.78, 5) is 0. The van der Waals surface area contributed by atoms with Crippen molar-refractivity contribution >= 4 is 54.3 Å². The second-order valence-corrected chi connectivity index (χ2v) is 53.9. The van der Waals surface area contributed by atoms with Gasteiger partial charge in [-0.3, -0.25) is 0 Å². The van der Waals surface area contributed by atoms with E-state index in [4.69, 9.17) is 17.0 Å². The summed E-state index contributed by atoms with van der Waals surface area (Å²) in [5.41, 5.74) is 9.96. The summed E-state index contributed by atoms with van der Waals surface area (Å²) in [5.74, 6) is 0. The molecule has 6 heteroatoms. The van der Waals surface area contributed by atoms with Crippen molar-refractivity contribution in [2.75, 3.05) is 0 Å². The van der Waals surface area contributed by atoms with E-state index in [0.29, 0.717) is 0 Å². The summed E-state index contributed by atoms with van der Waals surface area (Å²) in [6.45, 7) is 9.68. The van der Waals surface area contributed by atoms with E-state index in [1.807, 2.05) is 0 Å². The van der Waals surface area contributed by atoms with Crippen LogP contribution in [0, 0.1) is 0 Å². The van der Waals surface area contributed by atoms with Crippen molar-refractivity contribution in [2.45, 2.75) is 71.7 Å². The van der Waals surface area contributed by atoms with Gasteiger partial charge in [-0.1, -0.05) is 0 Å². The van der Waals surface area contributed by atoms with Gasteiger partial charge < -0.3 is 0 Å². The Labute approximate surface area is 276 Å². The van der Waals surface area contributed by atoms with E-state index >= 15 is 0 Å². The van der Waals surface area contributed by atoms with Crippen LogP contribution < -0.4 is 0 Å². The molecule has 0 saturated heterocycles. The minimum atomic E-state index is -4.72.